The number of ketones is 1. The van der Waals surface area contributed by atoms with Crippen LogP contribution in [0.3, 0.4) is 0 Å². The molecule has 0 fully saturated rings. The third-order valence-corrected chi connectivity index (χ3v) is 7.51. The van der Waals surface area contributed by atoms with Crippen LogP contribution in [0.4, 0.5) is 5.69 Å². The maximum Gasteiger partial charge on any atom is 0.227 e. The molecule has 0 saturated carbocycles. The van der Waals surface area contributed by atoms with Crippen molar-refractivity contribution < 1.29 is 23.9 Å². The van der Waals surface area contributed by atoms with Gasteiger partial charge in [0.1, 0.15) is 11.5 Å². The van der Waals surface area contributed by atoms with E-state index in [4.69, 9.17) is 9.47 Å². The average Bonchev–Trinajstić information content (AvgIpc) is 3.44. The van der Waals surface area contributed by atoms with E-state index in [0.717, 1.165) is 46.7 Å². The van der Waals surface area contributed by atoms with E-state index in [0.29, 0.717) is 52.5 Å². The summed E-state index contributed by atoms with van der Waals surface area (Å²) < 4.78 is 13.1. The summed E-state index contributed by atoms with van der Waals surface area (Å²) in [7, 11) is 1.90. The normalized spacial score (nSPS) is 12.2. The molecule has 1 aromatic heterocycles. The zero-order chi connectivity index (χ0) is 31.3. The van der Waals surface area contributed by atoms with Crippen molar-refractivity contribution in [1.29, 1.82) is 0 Å². The van der Waals surface area contributed by atoms with Gasteiger partial charge in [0.15, 0.2) is 0 Å². The van der Waals surface area contributed by atoms with E-state index in [-0.39, 0.29) is 36.4 Å². The molecule has 0 bridgehead atoms. The Morgan fingerprint density at radius 2 is 1.61 bits per heavy atom. The van der Waals surface area contributed by atoms with Gasteiger partial charge in [-0.2, -0.15) is 0 Å². The summed E-state index contributed by atoms with van der Waals surface area (Å²) >= 11 is 0. The fourth-order valence-corrected chi connectivity index (χ4v) is 5.06. The summed E-state index contributed by atoms with van der Waals surface area (Å²) in [5.74, 6) is -0.227. The minimum absolute atomic E-state index is 0.00962. The maximum absolute atomic E-state index is 13.7. The lowest BCUT2D eigenvalue weighted by Crippen LogP contribution is -2.34. The van der Waals surface area contributed by atoms with Crippen LogP contribution in [-0.2, 0) is 36.9 Å². The van der Waals surface area contributed by atoms with Crippen molar-refractivity contribution in [1.82, 2.24) is 25.6 Å². The minimum atomic E-state index is -0.221. The number of fused-ring (bicyclic) bond motifs is 5. The number of hydrogen-bond acceptors (Lipinski definition) is 8. The number of hydrogen-bond donors (Lipinski definition) is 2. The molecular weight excluding hydrogens is 560 g/mol. The van der Waals surface area contributed by atoms with Crippen LogP contribution in [0.15, 0.2) is 48.5 Å². The first-order valence-corrected chi connectivity index (χ1v) is 15.4. The highest BCUT2D eigenvalue weighted by Crippen LogP contribution is 2.41. The maximum atomic E-state index is 13.7. The first-order chi connectivity index (χ1) is 21.4. The van der Waals surface area contributed by atoms with Crippen LogP contribution < -0.4 is 15.5 Å². The van der Waals surface area contributed by atoms with Gasteiger partial charge in [-0.25, -0.2) is 4.68 Å². The molecule has 0 unspecified atom stereocenters. The van der Waals surface area contributed by atoms with Gasteiger partial charge < -0.3 is 25.0 Å². The van der Waals surface area contributed by atoms with Crippen molar-refractivity contribution >= 4 is 23.3 Å². The summed E-state index contributed by atoms with van der Waals surface area (Å²) in [6, 6.07) is 15.7. The van der Waals surface area contributed by atoms with E-state index >= 15 is 0 Å². The number of carbonyl (C=O) groups is 3. The lowest BCUT2D eigenvalue weighted by molar-refractivity contribution is -0.125. The SMILES string of the molecule is CNCCOCCCn1nnc2c1-c1ccccc1CN(C(=O)CCC(=O)NCCOCCC(=O)C(C)C)c1ccccc1-2. The van der Waals surface area contributed by atoms with Gasteiger partial charge in [-0.05, 0) is 25.1 Å². The molecule has 0 aliphatic carbocycles. The quantitative estimate of drug-likeness (QED) is 0.224. The second kappa shape index (κ2) is 16.8. The van der Waals surface area contributed by atoms with Crippen LogP contribution in [-0.4, -0.2) is 79.2 Å². The molecule has 2 heterocycles. The van der Waals surface area contributed by atoms with Crippen molar-refractivity contribution in [3.63, 3.8) is 0 Å². The van der Waals surface area contributed by atoms with Crippen LogP contribution >= 0.6 is 0 Å². The zero-order valence-corrected chi connectivity index (χ0v) is 26.0. The Morgan fingerprint density at radius 1 is 0.886 bits per heavy atom. The van der Waals surface area contributed by atoms with Gasteiger partial charge >= 0.3 is 0 Å². The van der Waals surface area contributed by atoms with Crippen molar-refractivity contribution in [2.75, 3.05) is 51.5 Å². The molecule has 236 valence electrons. The number of para-hydroxylation sites is 1. The minimum Gasteiger partial charge on any atom is -0.380 e. The number of carbonyl (C=O) groups excluding carboxylic acids is 3. The molecule has 0 saturated heterocycles. The molecule has 0 radical (unpaired) electrons. The molecule has 44 heavy (non-hydrogen) atoms. The van der Waals surface area contributed by atoms with E-state index in [9.17, 15) is 14.4 Å². The molecule has 1 aliphatic rings. The van der Waals surface area contributed by atoms with E-state index in [2.05, 4.69) is 20.9 Å². The number of Topliss-reactive ketones (excluding diaryl/α,β-unsaturated/α-hetero) is 1. The number of nitrogens with one attached hydrogen (secondary N) is 2. The van der Waals surface area contributed by atoms with Gasteiger partial charge in [0.2, 0.25) is 11.8 Å². The number of nitrogens with zero attached hydrogens (tertiary/aromatic N) is 4. The van der Waals surface area contributed by atoms with Crippen molar-refractivity contribution in [3.8, 4) is 22.5 Å². The highest BCUT2D eigenvalue weighted by molar-refractivity contribution is 6.01. The third-order valence-electron chi connectivity index (χ3n) is 7.51. The van der Waals surface area contributed by atoms with E-state index < -0.39 is 0 Å². The Labute approximate surface area is 259 Å². The Kier molecular flexibility index (Phi) is 12.6. The first-order valence-electron chi connectivity index (χ1n) is 15.4. The van der Waals surface area contributed by atoms with Crippen molar-refractivity contribution in [2.45, 2.75) is 52.6 Å². The predicted molar refractivity (Wildman–Crippen MR) is 169 cm³/mol. The van der Waals surface area contributed by atoms with Crippen LogP contribution in [0.2, 0.25) is 0 Å². The molecule has 11 nitrogen and oxygen atoms in total. The largest absolute Gasteiger partial charge is 0.380 e. The summed E-state index contributed by atoms with van der Waals surface area (Å²) in [6.45, 7) is 7.79. The number of anilines is 1. The fraction of sp³-hybridized carbons (Fsp3) is 0.485. The van der Waals surface area contributed by atoms with Crippen LogP contribution in [0.5, 0.6) is 0 Å². The molecule has 1 aliphatic heterocycles. The smallest absolute Gasteiger partial charge is 0.227 e. The number of rotatable bonds is 17. The number of benzene rings is 2. The predicted octanol–water partition coefficient (Wildman–Crippen LogP) is 3.61. The molecule has 2 N–H and O–H groups in total. The Hall–Kier alpha value is -3.93. The van der Waals surface area contributed by atoms with Crippen molar-refractivity contribution in [3.05, 3.63) is 54.1 Å². The highest BCUT2D eigenvalue weighted by atomic mass is 16.5. The van der Waals surface area contributed by atoms with E-state index in [1.165, 1.54) is 0 Å². The van der Waals surface area contributed by atoms with Gasteiger partial charge in [0, 0.05) is 62.5 Å². The molecule has 4 rings (SSSR count). The molecular formula is C33H44N6O5. The summed E-state index contributed by atoms with van der Waals surface area (Å²) in [4.78, 5) is 39.6. The van der Waals surface area contributed by atoms with Crippen LogP contribution in [0, 0.1) is 5.92 Å². The second-order valence-electron chi connectivity index (χ2n) is 11.1. The number of aromatic nitrogens is 3. The Bertz CT molecular complexity index is 1400. The molecule has 2 amide bonds. The van der Waals surface area contributed by atoms with Crippen LogP contribution in [0.25, 0.3) is 22.5 Å². The highest BCUT2D eigenvalue weighted by Gasteiger charge is 2.29. The first kappa shape index (κ1) is 33.0. The summed E-state index contributed by atoms with van der Waals surface area (Å²) in [5.41, 5.74) is 5.15. The van der Waals surface area contributed by atoms with Gasteiger partial charge in [0.25, 0.3) is 0 Å². The monoisotopic (exact) mass is 604 g/mol. The summed E-state index contributed by atoms with van der Waals surface area (Å²) in [6.07, 6.45) is 1.27. The van der Waals surface area contributed by atoms with Gasteiger partial charge in [0.05, 0.1) is 37.7 Å². The van der Waals surface area contributed by atoms with Gasteiger partial charge in [-0.3, -0.25) is 14.4 Å². The Balaban J connectivity index is 1.43. The molecule has 11 heteroatoms. The molecule has 3 aromatic rings. The lowest BCUT2D eigenvalue weighted by Gasteiger charge is -2.28. The number of amides is 2. The molecule has 0 atom stereocenters. The average molecular weight is 605 g/mol. The molecule has 0 spiro atoms. The van der Waals surface area contributed by atoms with Gasteiger partial charge in [-0.15, -0.1) is 5.10 Å². The fourth-order valence-electron chi connectivity index (χ4n) is 5.06. The van der Waals surface area contributed by atoms with E-state index in [1.807, 2.05) is 74.1 Å². The lowest BCUT2D eigenvalue weighted by atomic mass is 9.95. The third kappa shape index (κ3) is 8.81. The van der Waals surface area contributed by atoms with Crippen molar-refractivity contribution in [2.24, 2.45) is 5.92 Å². The van der Waals surface area contributed by atoms with E-state index in [1.54, 1.807) is 4.90 Å². The van der Waals surface area contributed by atoms with Crippen LogP contribution in [0.1, 0.15) is 45.1 Å². The molecule has 2 aromatic carbocycles. The number of likely N-dealkylation sites (N-methyl/N-ethyl adjacent to an activating group) is 1. The standard InChI is InChI=1S/C33H44N6O5/c1-24(2)29(40)15-20-44-22-17-35-30(41)13-14-31(42)38-23-25-9-4-5-10-26(25)33-32(27-11-6-7-12-28(27)38)36-37-39(33)18-8-19-43-21-16-34-3/h4-7,9-12,24,34H,8,13-23H2,1-3H3,(H,35,41). The number of ether oxygens (including phenoxy) is 2. The summed E-state index contributed by atoms with van der Waals surface area (Å²) in [5, 5.41) is 15.0. The van der Waals surface area contributed by atoms with Gasteiger partial charge in [-0.1, -0.05) is 61.5 Å². The Morgan fingerprint density at radius 3 is 2.41 bits per heavy atom. The number of aryl methyl sites for hydroxylation is 1. The topological polar surface area (TPSA) is 128 Å². The zero-order valence-electron chi connectivity index (χ0n) is 26.0. The second-order valence-corrected chi connectivity index (χ2v) is 11.1.